The molecule has 3 fully saturated rings. The van der Waals surface area contributed by atoms with Crippen molar-refractivity contribution in [1.29, 1.82) is 0 Å². The topological polar surface area (TPSA) is 35.6 Å². The Labute approximate surface area is 126 Å². The van der Waals surface area contributed by atoms with E-state index in [1.807, 2.05) is 11.8 Å². The molecule has 4 nitrogen and oxygen atoms in total. The van der Waals surface area contributed by atoms with Crippen LogP contribution in [-0.4, -0.2) is 65.1 Å². The van der Waals surface area contributed by atoms with E-state index in [2.05, 4.69) is 22.0 Å². The zero-order valence-electron chi connectivity index (χ0n) is 12.6. The zero-order valence-corrected chi connectivity index (χ0v) is 13.4. The van der Waals surface area contributed by atoms with Gasteiger partial charge in [0, 0.05) is 37.7 Å². The van der Waals surface area contributed by atoms with Crippen molar-refractivity contribution in [3.63, 3.8) is 0 Å². The van der Waals surface area contributed by atoms with Gasteiger partial charge in [-0.05, 0) is 19.3 Å². The molecule has 0 bridgehead atoms. The Balaban J connectivity index is 1.60. The number of hydrogen-bond donors (Lipinski definition) is 1. The van der Waals surface area contributed by atoms with E-state index >= 15 is 0 Å². The maximum Gasteiger partial charge on any atom is 0.244 e. The number of thioether (sulfide) groups is 1. The Kier molecular flexibility index (Phi) is 4.58. The maximum absolute atomic E-state index is 12.8. The molecule has 5 heteroatoms. The summed E-state index contributed by atoms with van der Waals surface area (Å²) >= 11 is 2.04. The van der Waals surface area contributed by atoms with E-state index in [1.165, 1.54) is 37.4 Å². The van der Waals surface area contributed by atoms with Gasteiger partial charge in [0.1, 0.15) is 0 Å². The fourth-order valence-electron chi connectivity index (χ4n) is 3.87. The van der Waals surface area contributed by atoms with Crippen LogP contribution in [-0.2, 0) is 4.79 Å². The van der Waals surface area contributed by atoms with Gasteiger partial charge in [0.15, 0.2) is 0 Å². The van der Waals surface area contributed by atoms with E-state index in [9.17, 15) is 4.79 Å². The van der Waals surface area contributed by atoms with Gasteiger partial charge in [-0.3, -0.25) is 15.0 Å². The minimum absolute atomic E-state index is 0.196. The first-order chi connectivity index (χ1) is 9.75. The highest BCUT2D eigenvalue weighted by Crippen LogP contribution is 2.36. The van der Waals surface area contributed by atoms with Crippen LogP contribution in [0.2, 0.25) is 0 Å². The van der Waals surface area contributed by atoms with Crippen LogP contribution >= 0.6 is 11.8 Å². The van der Waals surface area contributed by atoms with Crippen LogP contribution in [0.15, 0.2) is 0 Å². The molecular weight excluding hydrogens is 270 g/mol. The van der Waals surface area contributed by atoms with Crippen molar-refractivity contribution in [1.82, 2.24) is 15.1 Å². The molecule has 20 heavy (non-hydrogen) atoms. The summed E-state index contributed by atoms with van der Waals surface area (Å²) in [6, 6.07) is 0. The van der Waals surface area contributed by atoms with Gasteiger partial charge in [0.25, 0.3) is 0 Å². The molecule has 1 spiro atoms. The average molecular weight is 297 g/mol. The molecule has 2 saturated heterocycles. The van der Waals surface area contributed by atoms with Gasteiger partial charge in [-0.25, -0.2) is 0 Å². The van der Waals surface area contributed by atoms with E-state index in [-0.39, 0.29) is 11.7 Å². The van der Waals surface area contributed by atoms with Crippen molar-refractivity contribution in [3.05, 3.63) is 0 Å². The number of nitrogens with one attached hydrogen (secondary N) is 1. The van der Waals surface area contributed by atoms with E-state index in [1.54, 1.807) is 0 Å². The molecule has 3 aliphatic rings. The average Bonchev–Trinajstić information content (AvgIpc) is 3.06. The highest BCUT2D eigenvalue weighted by molar-refractivity contribution is 7.99. The smallest absolute Gasteiger partial charge is 0.244 e. The standard InChI is InChI=1S/C15H27N3OS/c1-2-13-16-15(5-3-4-6-15)14(19)18(13)8-7-17-9-11-20-12-10-17/h13,16H,2-12H2,1H3. The minimum Gasteiger partial charge on any atom is -0.324 e. The van der Waals surface area contributed by atoms with Gasteiger partial charge in [0.2, 0.25) is 5.91 Å². The lowest BCUT2D eigenvalue weighted by Gasteiger charge is -2.30. The van der Waals surface area contributed by atoms with E-state index in [4.69, 9.17) is 0 Å². The quantitative estimate of drug-likeness (QED) is 0.853. The van der Waals surface area contributed by atoms with Gasteiger partial charge in [-0.15, -0.1) is 0 Å². The molecule has 2 aliphatic heterocycles. The van der Waals surface area contributed by atoms with Crippen LogP contribution in [0.1, 0.15) is 39.0 Å². The summed E-state index contributed by atoms with van der Waals surface area (Å²) in [7, 11) is 0. The predicted molar refractivity (Wildman–Crippen MR) is 83.9 cm³/mol. The number of amides is 1. The van der Waals surface area contributed by atoms with Crippen LogP contribution in [0, 0.1) is 0 Å². The van der Waals surface area contributed by atoms with Gasteiger partial charge in [-0.1, -0.05) is 19.8 Å². The summed E-state index contributed by atoms with van der Waals surface area (Å²) in [5.41, 5.74) is -0.196. The van der Waals surface area contributed by atoms with Crippen LogP contribution in [0.25, 0.3) is 0 Å². The molecule has 1 atom stereocenters. The summed E-state index contributed by atoms with van der Waals surface area (Å²) in [4.78, 5) is 17.5. The van der Waals surface area contributed by atoms with Crippen LogP contribution in [0.5, 0.6) is 0 Å². The number of nitrogens with zero attached hydrogens (tertiary/aromatic N) is 2. The van der Waals surface area contributed by atoms with E-state index < -0.39 is 0 Å². The van der Waals surface area contributed by atoms with Crippen molar-refractivity contribution in [2.24, 2.45) is 0 Å². The fraction of sp³-hybridized carbons (Fsp3) is 0.933. The summed E-state index contributed by atoms with van der Waals surface area (Å²) in [6.45, 7) is 6.49. The normalized spacial score (nSPS) is 30.6. The minimum atomic E-state index is -0.196. The van der Waals surface area contributed by atoms with E-state index in [0.717, 1.165) is 32.4 Å². The molecule has 3 rings (SSSR count). The molecule has 1 amide bonds. The first-order valence-corrected chi connectivity index (χ1v) is 9.29. The van der Waals surface area contributed by atoms with Crippen molar-refractivity contribution < 1.29 is 4.79 Å². The van der Waals surface area contributed by atoms with E-state index in [0.29, 0.717) is 5.91 Å². The Morgan fingerprint density at radius 2 is 1.95 bits per heavy atom. The lowest BCUT2D eigenvalue weighted by molar-refractivity contribution is -0.133. The first kappa shape index (κ1) is 14.7. The second kappa shape index (κ2) is 6.24. The molecule has 1 aliphatic carbocycles. The van der Waals surface area contributed by atoms with Crippen LogP contribution < -0.4 is 5.32 Å². The molecular formula is C15H27N3OS. The van der Waals surface area contributed by atoms with Gasteiger partial charge >= 0.3 is 0 Å². The molecule has 1 N–H and O–H groups in total. The molecule has 0 radical (unpaired) electrons. The third-order valence-electron chi connectivity index (χ3n) is 5.09. The van der Waals surface area contributed by atoms with Crippen molar-refractivity contribution in [3.8, 4) is 0 Å². The number of carbonyl (C=O) groups excluding carboxylic acids is 1. The summed E-state index contributed by atoms with van der Waals surface area (Å²) in [5.74, 6) is 2.87. The van der Waals surface area contributed by atoms with Crippen molar-refractivity contribution in [2.45, 2.75) is 50.7 Å². The Bertz CT molecular complexity index is 351. The SMILES string of the molecule is CCC1NC2(CCCC2)C(=O)N1CCN1CCSCC1. The zero-order chi connectivity index (χ0) is 14.0. The number of hydrogen-bond acceptors (Lipinski definition) is 4. The molecule has 0 aromatic heterocycles. The second-order valence-electron chi connectivity index (χ2n) is 6.31. The van der Waals surface area contributed by atoms with Crippen LogP contribution in [0.3, 0.4) is 0 Å². The molecule has 0 aromatic carbocycles. The third-order valence-corrected chi connectivity index (χ3v) is 6.04. The Morgan fingerprint density at radius 3 is 2.60 bits per heavy atom. The summed E-state index contributed by atoms with van der Waals surface area (Å²) in [5, 5.41) is 3.66. The molecule has 0 aromatic rings. The van der Waals surface area contributed by atoms with Gasteiger partial charge < -0.3 is 4.90 Å². The maximum atomic E-state index is 12.8. The van der Waals surface area contributed by atoms with Gasteiger partial charge in [-0.2, -0.15) is 11.8 Å². The Hall–Kier alpha value is -0.260. The monoisotopic (exact) mass is 297 g/mol. The largest absolute Gasteiger partial charge is 0.324 e. The summed E-state index contributed by atoms with van der Waals surface area (Å²) < 4.78 is 0. The number of carbonyl (C=O) groups is 1. The third kappa shape index (κ3) is 2.72. The summed E-state index contributed by atoms with van der Waals surface area (Å²) in [6.07, 6.45) is 5.76. The first-order valence-electron chi connectivity index (χ1n) is 8.14. The second-order valence-corrected chi connectivity index (χ2v) is 7.53. The number of rotatable bonds is 4. The highest BCUT2D eigenvalue weighted by Gasteiger charge is 2.51. The lowest BCUT2D eigenvalue weighted by atomic mass is 9.98. The van der Waals surface area contributed by atoms with Gasteiger partial charge in [0.05, 0.1) is 11.7 Å². The lowest BCUT2D eigenvalue weighted by Crippen LogP contribution is -2.45. The van der Waals surface area contributed by atoms with Crippen molar-refractivity contribution >= 4 is 17.7 Å². The predicted octanol–water partition coefficient (Wildman–Crippen LogP) is 1.52. The van der Waals surface area contributed by atoms with Crippen molar-refractivity contribution in [2.75, 3.05) is 37.7 Å². The molecule has 1 unspecified atom stereocenters. The molecule has 2 heterocycles. The highest BCUT2D eigenvalue weighted by atomic mass is 32.2. The fourth-order valence-corrected chi connectivity index (χ4v) is 4.84. The van der Waals surface area contributed by atoms with Crippen LogP contribution in [0.4, 0.5) is 0 Å². The molecule has 114 valence electrons. The molecule has 1 saturated carbocycles. The Morgan fingerprint density at radius 1 is 1.25 bits per heavy atom.